The Balaban J connectivity index is 2.41. The van der Waals surface area contributed by atoms with Gasteiger partial charge in [-0.25, -0.2) is 0 Å². The normalized spacial score (nSPS) is 10.2. The Labute approximate surface area is 128 Å². The molecule has 0 aliphatic rings. The van der Waals surface area contributed by atoms with E-state index in [0.717, 1.165) is 16.1 Å². The number of nitrogens with zero attached hydrogens (tertiary/aromatic N) is 1. The Hall–Kier alpha value is -2.41. The fourth-order valence-corrected chi connectivity index (χ4v) is 1.97. The summed E-state index contributed by atoms with van der Waals surface area (Å²) in [4.78, 5) is 21.6. The van der Waals surface area contributed by atoms with Crippen LogP contribution in [0.3, 0.4) is 0 Å². The zero-order valence-corrected chi connectivity index (χ0v) is 12.6. The first-order chi connectivity index (χ1) is 9.88. The van der Waals surface area contributed by atoms with E-state index in [4.69, 9.17) is 10.5 Å². The number of hydrogen-bond donors (Lipinski definition) is 1. The zero-order valence-electron chi connectivity index (χ0n) is 11.0. The molecule has 0 aliphatic heterocycles. The molecule has 21 heavy (non-hydrogen) atoms. The lowest BCUT2D eigenvalue weighted by atomic mass is 10.1. The van der Waals surface area contributed by atoms with Crippen molar-refractivity contribution in [3.05, 3.63) is 62.1 Å². The number of primary amides is 1. The number of ether oxygens (including phenoxy) is 1. The number of rotatable bonds is 4. The van der Waals surface area contributed by atoms with Crippen molar-refractivity contribution in [3.8, 4) is 11.5 Å². The second kappa shape index (κ2) is 5.92. The van der Waals surface area contributed by atoms with Crippen molar-refractivity contribution < 1.29 is 14.5 Å². The van der Waals surface area contributed by atoms with Gasteiger partial charge >= 0.3 is 0 Å². The highest BCUT2D eigenvalue weighted by molar-refractivity contribution is 9.10. The molecule has 108 valence electrons. The molecule has 0 aromatic heterocycles. The maximum atomic E-state index is 11.4. The lowest BCUT2D eigenvalue weighted by molar-refractivity contribution is -0.384. The quantitative estimate of drug-likeness (QED) is 0.673. The van der Waals surface area contributed by atoms with Crippen LogP contribution < -0.4 is 10.5 Å². The molecule has 2 aromatic rings. The first kappa shape index (κ1) is 15.0. The molecule has 2 aromatic carbocycles. The van der Waals surface area contributed by atoms with Gasteiger partial charge in [0.05, 0.1) is 10.5 Å². The fraction of sp³-hybridized carbons (Fsp3) is 0.0714. The van der Waals surface area contributed by atoms with Crippen LogP contribution in [0.5, 0.6) is 11.5 Å². The third-order valence-corrected chi connectivity index (χ3v) is 3.69. The minimum absolute atomic E-state index is 0.0372. The molecule has 7 heteroatoms. The number of halogens is 1. The average molecular weight is 351 g/mol. The van der Waals surface area contributed by atoms with Gasteiger partial charge in [0.15, 0.2) is 0 Å². The van der Waals surface area contributed by atoms with Crippen LogP contribution in [0.2, 0.25) is 0 Å². The summed E-state index contributed by atoms with van der Waals surface area (Å²) < 4.78 is 6.52. The summed E-state index contributed by atoms with van der Waals surface area (Å²) in [6.45, 7) is 1.89. The Morgan fingerprint density at radius 3 is 2.57 bits per heavy atom. The van der Waals surface area contributed by atoms with Crippen molar-refractivity contribution in [1.29, 1.82) is 0 Å². The molecular weight excluding hydrogens is 340 g/mol. The highest BCUT2D eigenvalue weighted by Gasteiger charge is 2.16. The van der Waals surface area contributed by atoms with Gasteiger partial charge < -0.3 is 10.5 Å². The Morgan fingerprint density at radius 2 is 2.00 bits per heavy atom. The lowest BCUT2D eigenvalue weighted by Crippen LogP contribution is -2.12. The average Bonchev–Trinajstić information content (AvgIpc) is 2.43. The van der Waals surface area contributed by atoms with E-state index in [1.807, 2.05) is 6.92 Å². The summed E-state index contributed by atoms with van der Waals surface area (Å²) in [5.74, 6) is -0.107. The van der Waals surface area contributed by atoms with Gasteiger partial charge in [0.2, 0.25) is 0 Å². The molecule has 6 nitrogen and oxygen atoms in total. The van der Waals surface area contributed by atoms with E-state index in [1.54, 1.807) is 18.2 Å². The molecular formula is C14H11BrN2O4. The van der Waals surface area contributed by atoms with Crippen LogP contribution in [0.1, 0.15) is 15.9 Å². The maximum Gasteiger partial charge on any atom is 0.270 e. The second-order valence-corrected chi connectivity index (χ2v) is 5.17. The van der Waals surface area contributed by atoms with Crippen molar-refractivity contribution in [2.45, 2.75) is 6.92 Å². The van der Waals surface area contributed by atoms with Crippen LogP contribution in [0.15, 0.2) is 40.9 Å². The Morgan fingerprint density at radius 1 is 1.29 bits per heavy atom. The molecule has 0 heterocycles. The number of nitro benzene ring substituents is 1. The van der Waals surface area contributed by atoms with Gasteiger partial charge in [0.25, 0.3) is 11.6 Å². The summed E-state index contributed by atoms with van der Waals surface area (Å²) in [6.07, 6.45) is 0. The zero-order chi connectivity index (χ0) is 15.6. The van der Waals surface area contributed by atoms with Crippen molar-refractivity contribution in [3.63, 3.8) is 0 Å². The van der Waals surface area contributed by atoms with E-state index in [0.29, 0.717) is 5.75 Å². The van der Waals surface area contributed by atoms with E-state index >= 15 is 0 Å². The topological polar surface area (TPSA) is 95.5 Å². The van der Waals surface area contributed by atoms with Crippen molar-refractivity contribution in [2.75, 3.05) is 0 Å². The van der Waals surface area contributed by atoms with Crippen molar-refractivity contribution >= 4 is 27.5 Å². The molecule has 0 spiro atoms. The molecule has 2 N–H and O–H groups in total. The largest absolute Gasteiger partial charge is 0.457 e. The number of carbonyl (C=O) groups is 1. The van der Waals surface area contributed by atoms with Crippen molar-refractivity contribution in [1.82, 2.24) is 0 Å². The standard InChI is InChI=1S/C14H11BrN2O4/c1-8-6-10(3-4-12(8)15)21-13-5-2-9(17(19)20)7-11(13)14(16)18/h2-7H,1H3,(H2,16,18). The predicted molar refractivity (Wildman–Crippen MR) is 80.6 cm³/mol. The summed E-state index contributed by atoms with van der Waals surface area (Å²) >= 11 is 3.37. The summed E-state index contributed by atoms with van der Waals surface area (Å²) in [5, 5.41) is 10.7. The maximum absolute atomic E-state index is 11.4. The van der Waals surface area contributed by atoms with Crippen molar-refractivity contribution in [2.24, 2.45) is 5.73 Å². The van der Waals surface area contributed by atoms with Gasteiger partial charge in [-0.2, -0.15) is 0 Å². The number of carbonyl (C=O) groups excluding carboxylic acids is 1. The van der Waals surface area contributed by atoms with Crippen LogP contribution in [-0.4, -0.2) is 10.8 Å². The number of nitrogens with two attached hydrogens (primary N) is 1. The lowest BCUT2D eigenvalue weighted by Gasteiger charge is -2.10. The molecule has 0 unspecified atom stereocenters. The molecule has 2 rings (SSSR count). The first-order valence-electron chi connectivity index (χ1n) is 5.90. The monoisotopic (exact) mass is 350 g/mol. The number of non-ortho nitro benzene ring substituents is 1. The van der Waals surface area contributed by atoms with Gasteiger partial charge in [-0.15, -0.1) is 0 Å². The smallest absolute Gasteiger partial charge is 0.270 e. The van der Waals surface area contributed by atoms with Gasteiger partial charge in [-0.1, -0.05) is 15.9 Å². The van der Waals surface area contributed by atoms with E-state index in [1.165, 1.54) is 12.1 Å². The second-order valence-electron chi connectivity index (χ2n) is 4.31. The van der Waals surface area contributed by atoms with E-state index in [2.05, 4.69) is 15.9 Å². The Bertz CT molecular complexity index is 731. The number of hydrogen-bond acceptors (Lipinski definition) is 4. The summed E-state index contributed by atoms with van der Waals surface area (Å²) in [7, 11) is 0. The van der Waals surface area contributed by atoms with Crippen LogP contribution in [0, 0.1) is 17.0 Å². The van der Waals surface area contributed by atoms with Crippen LogP contribution in [0.25, 0.3) is 0 Å². The highest BCUT2D eigenvalue weighted by atomic mass is 79.9. The van der Waals surface area contributed by atoms with Gasteiger partial charge in [-0.3, -0.25) is 14.9 Å². The number of nitro groups is 1. The van der Waals surface area contributed by atoms with Gasteiger partial charge in [-0.05, 0) is 36.8 Å². The molecule has 0 saturated carbocycles. The first-order valence-corrected chi connectivity index (χ1v) is 6.70. The molecule has 0 saturated heterocycles. The van der Waals surface area contributed by atoms with Gasteiger partial charge in [0.1, 0.15) is 11.5 Å². The van der Waals surface area contributed by atoms with Crippen LogP contribution >= 0.6 is 15.9 Å². The summed E-state index contributed by atoms with van der Waals surface area (Å²) in [5.41, 5.74) is 5.94. The number of amides is 1. The van der Waals surface area contributed by atoms with E-state index in [9.17, 15) is 14.9 Å². The Kier molecular flexibility index (Phi) is 4.23. The number of benzene rings is 2. The predicted octanol–water partition coefficient (Wildman–Crippen LogP) is 3.56. The van der Waals surface area contributed by atoms with Crippen LogP contribution in [-0.2, 0) is 0 Å². The third kappa shape index (κ3) is 3.38. The van der Waals surface area contributed by atoms with Gasteiger partial charge in [0, 0.05) is 16.6 Å². The van der Waals surface area contributed by atoms with E-state index in [-0.39, 0.29) is 17.0 Å². The minimum Gasteiger partial charge on any atom is -0.457 e. The number of aryl methyl sites for hydroxylation is 1. The minimum atomic E-state index is -0.789. The molecule has 0 bridgehead atoms. The molecule has 0 atom stereocenters. The fourth-order valence-electron chi connectivity index (χ4n) is 1.72. The SMILES string of the molecule is Cc1cc(Oc2ccc([N+](=O)[O-])cc2C(N)=O)ccc1Br. The molecule has 0 radical (unpaired) electrons. The molecule has 0 aliphatic carbocycles. The highest BCUT2D eigenvalue weighted by Crippen LogP contribution is 2.30. The molecule has 1 amide bonds. The van der Waals surface area contributed by atoms with E-state index < -0.39 is 10.8 Å². The third-order valence-electron chi connectivity index (χ3n) is 2.80. The molecule has 0 fully saturated rings. The summed E-state index contributed by atoms with van der Waals surface area (Å²) in [6, 6.07) is 9.01. The van der Waals surface area contributed by atoms with Crippen LogP contribution in [0.4, 0.5) is 5.69 Å².